The zero-order chi connectivity index (χ0) is 29.8. The Bertz CT molecular complexity index is 1470. The number of anilines is 3. The maximum absolute atomic E-state index is 13.7. The number of hydrogen-bond donors (Lipinski definition) is 1. The van der Waals surface area contributed by atoms with Gasteiger partial charge in [-0.3, -0.25) is 19.4 Å². The summed E-state index contributed by atoms with van der Waals surface area (Å²) in [6.45, 7) is 4.88. The molecular formula is C30H29Cl3FN5O2S. The monoisotopic (exact) mass is 647 g/mol. The molecule has 1 atom stereocenters. The quantitative estimate of drug-likeness (QED) is 0.274. The molecule has 220 valence electrons. The van der Waals surface area contributed by atoms with Gasteiger partial charge in [0.25, 0.3) is 5.91 Å². The molecule has 12 heteroatoms. The molecule has 0 aliphatic carbocycles. The largest absolute Gasteiger partial charge is 0.369 e. The van der Waals surface area contributed by atoms with Crippen LogP contribution in [-0.4, -0.2) is 72.0 Å². The third kappa shape index (κ3) is 7.15. The van der Waals surface area contributed by atoms with Crippen LogP contribution in [-0.2, 0) is 9.59 Å². The lowest BCUT2D eigenvalue weighted by Gasteiger charge is -2.36. The van der Waals surface area contributed by atoms with Crippen LogP contribution in [0, 0.1) is 5.82 Å². The summed E-state index contributed by atoms with van der Waals surface area (Å²) in [5.41, 5.74) is 2.05. The summed E-state index contributed by atoms with van der Waals surface area (Å²) in [4.78, 5) is 34.6. The summed E-state index contributed by atoms with van der Waals surface area (Å²) in [6, 6.07) is 17.4. The van der Waals surface area contributed by atoms with E-state index in [0.29, 0.717) is 33.1 Å². The van der Waals surface area contributed by atoms with E-state index in [2.05, 4.69) is 21.2 Å². The molecule has 0 unspecified atom stereocenters. The smallest absolute Gasteiger partial charge is 0.256 e. The molecule has 3 aromatic rings. The Kier molecular flexibility index (Phi) is 9.85. The Morgan fingerprint density at radius 1 is 0.905 bits per heavy atom. The molecule has 2 aliphatic rings. The van der Waals surface area contributed by atoms with Crippen molar-refractivity contribution in [2.24, 2.45) is 0 Å². The van der Waals surface area contributed by atoms with Gasteiger partial charge in [0, 0.05) is 49.1 Å². The molecule has 1 N–H and O–H groups in total. The van der Waals surface area contributed by atoms with Crippen molar-refractivity contribution in [3.8, 4) is 0 Å². The van der Waals surface area contributed by atoms with Crippen LogP contribution in [0.25, 0.3) is 0 Å². The Labute approximate surface area is 264 Å². The number of carbonyl (C=O) groups is 2. The van der Waals surface area contributed by atoms with Gasteiger partial charge in [-0.05, 0) is 85.8 Å². The van der Waals surface area contributed by atoms with E-state index in [1.807, 2.05) is 23.1 Å². The number of halogens is 4. The van der Waals surface area contributed by atoms with Crippen LogP contribution in [0.15, 0.2) is 66.7 Å². The summed E-state index contributed by atoms with van der Waals surface area (Å²) in [6.07, 6.45) is 0.627. The van der Waals surface area contributed by atoms with Crippen LogP contribution in [0.2, 0.25) is 15.1 Å². The number of nitrogens with zero attached hydrogens (tertiary/aromatic N) is 4. The second kappa shape index (κ2) is 13.6. The fourth-order valence-corrected chi connectivity index (χ4v) is 6.13. The van der Waals surface area contributed by atoms with Crippen LogP contribution < -0.4 is 15.1 Å². The first kappa shape index (κ1) is 30.5. The SMILES string of the molecule is O=C(C[C@@H]1C(=O)N(c2ccc(Cl)c(Cl)c2)C(=S)N1CCCN1CCN(c2cccc(Cl)c2)CC1)Nc1ccc(F)cc1. The van der Waals surface area contributed by atoms with Gasteiger partial charge in [0.05, 0.1) is 22.2 Å². The topological polar surface area (TPSA) is 59.1 Å². The van der Waals surface area contributed by atoms with E-state index in [1.165, 1.54) is 29.2 Å². The van der Waals surface area contributed by atoms with Crippen molar-refractivity contribution in [2.75, 3.05) is 54.4 Å². The molecule has 0 bridgehead atoms. The predicted molar refractivity (Wildman–Crippen MR) is 171 cm³/mol. The molecule has 7 nitrogen and oxygen atoms in total. The number of thiocarbonyl (C=S) groups is 1. The summed E-state index contributed by atoms with van der Waals surface area (Å²) in [7, 11) is 0. The molecule has 0 radical (unpaired) electrons. The molecule has 5 rings (SSSR count). The van der Waals surface area contributed by atoms with E-state index in [-0.39, 0.29) is 18.2 Å². The van der Waals surface area contributed by atoms with E-state index in [4.69, 9.17) is 47.0 Å². The third-order valence-electron chi connectivity index (χ3n) is 7.41. The second-order valence-corrected chi connectivity index (χ2v) is 11.8. The lowest BCUT2D eigenvalue weighted by Crippen LogP contribution is -2.47. The highest BCUT2D eigenvalue weighted by Gasteiger charge is 2.44. The highest BCUT2D eigenvalue weighted by Crippen LogP contribution is 2.32. The maximum atomic E-state index is 13.7. The number of piperazine rings is 1. The second-order valence-electron chi connectivity index (χ2n) is 10.2. The van der Waals surface area contributed by atoms with Crippen LogP contribution in [0.4, 0.5) is 21.5 Å². The standard InChI is InChI=1S/C30H29Cl3FN5O2S/c31-20-3-1-4-23(17-20)37-15-13-36(14-16-37)11-2-12-38-27(19-28(40)35-22-7-5-21(34)6-8-22)29(41)39(30(38)42)24-9-10-25(32)26(33)18-24/h1,3-10,17-18,27H,2,11-16,19H2,(H,35,40)/t27-/m1/s1. The summed E-state index contributed by atoms with van der Waals surface area (Å²) < 4.78 is 13.3. The van der Waals surface area contributed by atoms with Gasteiger partial charge in [-0.15, -0.1) is 0 Å². The van der Waals surface area contributed by atoms with Gasteiger partial charge < -0.3 is 15.1 Å². The van der Waals surface area contributed by atoms with Gasteiger partial charge in [-0.2, -0.15) is 0 Å². The lowest BCUT2D eigenvalue weighted by molar-refractivity contribution is -0.124. The molecular weight excluding hydrogens is 620 g/mol. The first-order valence-electron chi connectivity index (χ1n) is 13.6. The molecule has 0 spiro atoms. The highest BCUT2D eigenvalue weighted by molar-refractivity contribution is 7.80. The van der Waals surface area contributed by atoms with Crippen molar-refractivity contribution >= 4 is 81.0 Å². The fraction of sp³-hybridized carbons (Fsp3) is 0.300. The van der Waals surface area contributed by atoms with Crippen LogP contribution in [0.3, 0.4) is 0 Å². The van der Waals surface area contributed by atoms with Crippen molar-refractivity contribution in [1.29, 1.82) is 0 Å². The lowest BCUT2D eigenvalue weighted by atomic mass is 10.1. The summed E-state index contributed by atoms with van der Waals surface area (Å²) in [5.74, 6) is -1.10. The summed E-state index contributed by atoms with van der Waals surface area (Å²) in [5, 5.41) is 4.44. The molecule has 2 heterocycles. The van der Waals surface area contributed by atoms with Crippen molar-refractivity contribution in [3.63, 3.8) is 0 Å². The molecule has 0 aromatic heterocycles. The van der Waals surface area contributed by atoms with Crippen molar-refractivity contribution < 1.29 is 14.0 Å². The molecule has 2 aliphatic heterocycles. The average molecular weight is 649 g/mol. The zero-order valence-corrected chi connectivity index (χ0v) is 25.7. The highest BCUT2D eigenvalue weighted by atomic mass is 35.5. The van der Waals surface area contributed by atoms with E-state index in [1.54, 1.807) is 18.2 Å². The molecule has 3 aromatic carbocycles. The third-order valence-corrected chi connectivity index (χ3v) is 8.80. The van der Waals surface area contributed by atoms with Gasteiger partial charge >= 0.3 is 0 Å². The Balaban J connectivity index is 1.24. The van der Waals surface area contributed by atoms with Gasteiger partial charge in [0.1, 0.15) is 11.9 Å². The number of amides is 2. The first-order valence-corrected chi connectivity index (χ1v) is 15.1. The van der Waals surface area contributed by atoms with Crippen LogP contribution in [0.5, 0.6) is 0 Å². The van der Waals surface area contributed by atoms with Crippen molar-refractivity contribution in [3.05, 3.63) is 87.6 Å². The number of nitrogens with one attached hydrogen (secondary N) is 1. The van der Waals surface area contributed by atoms with Gasteiger partial charge in [-0.25, -0.2) is 4.39 Å². The minimum atomic E-state index is -0.799. The predicted octanol–water partition coefficient (Wildman–Crippen LogP) is 6.33. The summed E-state index contributed by atoms with van der Waals surface area (Å²) >= 11 is 24.3. The molecule has 42 heavy (non-hydrogen) atoms. The molecule has 2 saturated heterocycles. The Morgan fingerprint density at radius 3 is 2.33 bits per heavy atom. The maximum Gasteiger partial charge on any atom is 0.256 e. The molecule has 2 amide bonds. The van der Waals surface area contributed by atoms with E-state index in [9.17, 15) is 14.0 Å². The normalized spacial score (nSPS) is 17.7. The molecule has 2 fully saturated rings. The molecule has 0 saturated carbocycles. The number of carbonyl (C=O) groups excluding carboxylic acids is 2. The number of benzene rings is 3. The van der Waals surface area contributed by atoms with E-state index < -0.39 is 11.9 Å². The Morgan fingerprint density at radius 2 is 1.64 bits per heavy atom. The zero-order valence-electron chi connectivity index (χ0n) is 22.6. The Hall–Kier alpha value is -2.95. The average Bonchev–Trinajstić information content (AvgIpc) is 3.20. The van der Waals surface area contributed by atoms with E-state index >= 15 is 0 Å². The van der Waals surface area contributed by atoms with Crippen molar-refractivity contribution in [2.45, 2.75) is 18.9 Å². The minimum Gasteiger partial charge on any atom is -0.369 e. The van der Waals surface area contributed by atoms with Crippen LogP contribution in [0.1, 0.15) is 12.8 Å². The minimum absolute atomic E-state index is 0.119. The van der Waals surface area contributed by atoms with Crippen LogP contribution >= 0.6 is 47.0 Å². The number of rotatable bonds is 9. The van der Waals surface area contributed by atoms with Crippen molar-refractivity contribution in [1.82, 2.24) is 9.80 Å². The van der Waals surface area contributed by atoms with Gasteiger partial charge in [0.15, 0.2) is 5.11 Å². The number of hydrogen-bond acceptors (Lipinski definition) is 5. The first-order chi connectivity index (χ1) is 20.2. The fourth-order valence-electron chi connectivity index (χ4n) is 5.24. The van der Waals surface area contributed by atoms with E-state index in [0.717, 1.165) is 49.9 Å². The van der Waals surface area contributed by atoms with Gasteiger partial charge in [0.2, 0.25) is 5.91 Å². The van der Waals surface area contributed by atoms with Gasteiger partial charge in [-0.1, -0.05) is 40.9 Å².